The first-order valence-electron chi connectivity index (χ1n) is 10.7. The molecule has 30 heavy (non-hydrogen) atoms. The number of amides is 2. The SMILES string of the molecule is CCCCCCCCOC(=O)c1ccc2c(c1)C(=O)N(c1cc(C)ccc1C)C2=O. The molecular formula is C25H29NO4. The van der Waals surface area contributed by atoms with Crippen molar-refractivity contribution in [3.63, 3.8) is 0 Å². The van der Waals surface area contributed by atoms with Crippen molar-refractivity contribution in [1.82, 2.24) is 0 Å². The summed E-state index contributed by atoms with van der Waals surface area (Å²) in [6.07, 6.45) is 6.67. The van der Waals surface area contributed by atoms with Gasteiger partial charge in [-0.3, -0.25) is 9.59 Å². The number of ether oxygens (including phenoxy) is 1. The van der Waals surface area contributed by atoms with Crippen molar-refractivity contribution < 1.29 is 19.1 Å². The molecule has 0 saturated carbocycles. The summed E-state index contributed by atoms with van der Waals surface area (Å²) in [6, 6.07) is 10.2. The summed E-state index contributed by atoms with van der Waals surface area (Å²) in [5, 5.41) is 0. The third kappa shape index (κ3) is 4.61. The fourth-order valence-electron chi connectivity index (χ4n) is 3.68. The summed E-state index contributed by atoms with van der Waals surface area (Å²) in [7, 11) is 0. The molecule has 2 amide bonds. The summed E-state index contributed by atoms with van der Waals surface area (Å²) >= 11 is 0. The Labute approximate surface area is 178 Å². The van der Waals surface area contributed by atoms with Gasteiger partial charge in [-0.05, 0) is 55.7 Å². The van der Waals surface area contributed by atoms with Crippen molar-refractivity contribution in [3.05, 3.63) is 64.2 Å². The molecule has 1 aliphatic heterocycles. The molecule has 0 unspecified atom stereocenters. The Balaban J connectivity index is 1.68. The van der Waals surface area contributed by atoms with Crippen LogP contribution >= 0.6 is 0 Å². The highest BCUT2D eigenvalue weighted by molar-refractivity contribution is 6.35. The molecular weight excluding hydrogens is 378 g/mol. The number of hydrogen-bond acceptors (Lipinski definition) is 4. The maximum atomic E-state index is 13.0. The van der Waals surface area contributed by atoms with Gasteiger partial charge in [0.25, 0.3) is 11.8 Å². The van der Waals surface area contributed by atoms with E-state index in [1.165, 1.54) is 30.2 Å². The zero-order chi connectivity index (χ0) is 21.7. The van der Waals surface area contributed by atoms with E-state index in [0.29, 0.717) is 23.4 Å². The fraction of sp³-hybridized carbons (Fsp3) is 0.400. The molecule has 2 aromatic carbocycles. The van der Waals surface area contributed by atoms with Crippen LogP contribution in [0.1, 0.15) is 87.6 Å². The number of aryl methyl sites for hydroxylation is 2. The van der Waals surface area contributed by atoms with Gasteiger partial charge < -0.3 is 4.74 Å². The van der Waals surface area contributed by atoms with Gasteiger partial charge >= 0.3 is 5.97 Å². The molecule has 2 aromatic rings. The van der Waals surface area contributed by atoms with Crippen molar-refractivity contribution in [3.8, 4) is 0 Å². The highest BCUT2D eigenvalue weighted by atomic mass is 16.5. The van der Waals surface area contributed by atoms with Crippen LogP contribution in [0.2, 0.25) is 0 Å². The number of carbonyl (C=O) groups excluding carboxylic acids is 3. The highest BCUT2D eigenvalue weighted by Gasteiger charge is 2.37. The van der Waals surface area contributed by atoms with Crippen LogP contribution in [0.15, 0.2) is 36.4 Å². The van der Waals surface area contributed by atoms with E-state index in [2.05, 4.69) is 6.92 Å². The molecule has 0 aliphatic carbocycles. The van der Waals surface area contributed by atoms with E-state index in [0.717, 1.165) is 30.4 Å². The van der Waals surface area contributed by atoms with E-state index in [-0.39, 0.29) is 11.5 Å². The topological polar surface area (TPSA) is 63.7 Å². The van der Waals surface area contributed by atoms with Gasteiger partial charge in [-0.25, -0.2) is 9.69 Å². The minimum atomic E-state index is -0.461. The lowest BCUT2D eigenvalue weighted by molar-refractivity contribution is 0.0497. The molecule has 1 aliphatic rings. The predicted molar refractivity (Wildman–Crippen MR) is 117 cm³/mol. The van der Waals surface area contributed by atoms with Crippen molar-refractivity contribution in [1.29, 1.82) is 0 Å². The first kappa shape index (κ1) is 21.8. The van der Waals surface area contributed by atoms with E-state index in [4.69, 9.17) is 4.74 Å². The second kappa shape index (κ2) is 9.70. The van der Waals surface area contributed by atoms with E-state index in [9.17, 15) is 14.4 Å². The Morgan fingerprint density at radius 2 is 1.57 bits per heavy atom. The van der Waals surface area contributed by atoms with Crippen molar-refractivity contribution >= 4 is 23.5 Å². The number of esters is 1. The number of unbranched alkanes of at least 4 members (excludes halogenated alkanes) is 5. The molecule has 158 valence electrons. The standard InChI is InChI=1S/C25H29NO4/c1-4-5-6-7-8-9-14-30-25(29)19-12-13-20-21(16-19)24(28)26(23(20)27)22-15-17(2)10-11-18(22)3/h10-13,15-16H,4-9,14H2,1-3H3. The van der Waals surface area contributed by atoms with Crippen LogP contribution in [-0.4, -0.2) is 24.4 Å². The van der Waals surface area contributed by atoms with Gasteiger partial charge in [-0.1, -0.05) is 51.2 Å². The van der Waals surface area contributed by atoms with E-state index in [1.54, 1.807) is 12.1 Å². The summed E-state index contributed by atoms with van der Waals surface area (Å²) in [5.41, 5.74) is 3.24. The normalized spacial score (nSPS) is 13.0. The number of imide groups is 1. The third-order valence-electron chi connectivity index (χ3n) is 5.46. The Kier molecular flexibility index (Phi) is 7.03. The zero-order valence-electron chi connectivity index (χ0n) is 18.0. The number of fused-ring (bicyclic) bond motifs is 1. The second-order valence-electron chi connectivity index (χ2n) is 7.90. The van der Waals surface area contributed by atoms with Gasteiger partial charge in [-0.15, -0.1) is 0 Å². The van der Waals surface area contributed by atoms with Crippen LogP contribution in [-0.2, 0) is 4.74 Å². The number of benzene rings is 2. The van der Waals surface area contributed by atoms with Gasteiger partial charge in [-0.2, -0.15) is 0 Å². The Bertz CT molecular complexity index is 964. The lowest BCUT2D eigenvalue weighted by Gasteiger charge is -2.17. The van der Waals surface area contributed by atoms with Crippen LogP contribution in [0.3, 0.4) is 0 Å². The Morgan fingerprint density at radius 1 is 0.867 bits per heavy atom. The quantitative estimate of drug-likeness (QED) is 0.307. The lowest BCUT2D eigenvalue weighted by atomic mass is 10.1. The van der Waals surface area contributed by atoms with Crippen LogP contribution in [0.4, 0.5) is 5.69 Å². The Hall–Kier alpha value is -2.95. The van der Waals surface area contributed by atoms with E-state index < -0.39 is 11.9 Å². The summed E-state index contributed by atoms with van der Waals surface area (Å²) in [5.74, 6) is -1.23. The molecule has 3 rings (SSSR count). The first-order valence-corrected chi connectivity index (χ1v) is 10.7. The van der Waals surface area contributed by atoms with Crippen molar-refractivity contribution in [2.24, 2.45) is 0 Å². The van der Waals surface area contributed by atoms with Crippen LogP contribution in [0.5, 0.6) is 0 Å². The smallest absolute Gasteiger partial charge is 0.338 e. The number of carbonyl (C=O) groups is 3. The van der Waals surface area contributed by atoms with Gasteiger partial charge in [0.2, 0.25) is 0 Å². The van der Waals surface area contributed by atoms with E-state index >= 15 is 0 Å². The number of anilines is 1. The molecule has 1 heterocycles. The van der Waals surface area contributed by atoms with Crippen molar-refractivity contribution in [2.75, 3.05) is 11.5 Å². The molecule has 0 aromatic heterocycles. The molecule has 5 nitrogen and oxygen atoms in total. The highest BCUT2D eigenvalue weighted by Crippen LogP contribution is 2.31. The number of nitrogens with zero attached hydrogens (tertiary/aromatic N) is 1. The van der Waals surface area contributed by atoms with E-state index in [1.807, 2.05) is 32.0 Å². The molecule has 0 N–H and O–H groups in total. The molecule has 5 heteroatoms. The molecule has 0 radical (unpaired) electrons. The largest absolute Gasteiger partial charge is 0.462 e. The van der Waals surface area contributed by atoms with Gasteiger partial charge in [0.15, 0.2) is 0 Å². The molecule has 0 spiro atoms. The van der Waals surface area contributed by atoms with Crippen LogP contribution in [0.25, 0.3) is 0 Å². The maximum Gasteiger partial charge on any atom is 0.338 e. The first-order chi connectivity index (χ1) is 14.4. The summed E-state index contributed by atoms with van der Waals surface area (Å²) in [6.45, 7) is 6.32. The minimum absolute atomic E-state index is 0.245. The third-order valence-corrected chi connectivity index (χ3v) is 5.46. The monoisotopic (exact) mass is 407 g/mol. The molecule has 0 saturated heterocycles. The van der Waals surface area contributed by atoms with Gasteiger partial charge in [0.1, 0.15) is 0 Å². The fourth-order valence-corrected chi connectivity index (χ4v) is 3.68. The number of hydrogen-bond donors (Lipinski definition) is 0. The maximum absolute atomic E-state index is 13.0. The molecule has 0 atom stereocenters. The Morgan fingerprint density at radius 3 is 2.33 bits per heavy atom. The average Bonchev–Trinajstić information content (AvgIpc) is 2.98. The molecule has 0 fully saturated rings. The van der Waals surface area contributed by atoms with Gasteiger partial charge in [0, 0.05) is 0 Å². The summed E-state index contributed by atoms with van der Waals surface area (Å²) < 4.78 is 5.35. The second-order valence-corrected chi connectivity index (χ2v) is 7.90. The predicted octanol–water partition coefficient (Wildman–Crippen LogP) is 5.62. The molecule has 0 bridgehead atoms. The van der Waals surface area contributed by atoms with Crippen LogP contribution in [0, 0.1) is 13.8 Å². The zero-order valence-corrected chi connectivity index (χ0v) is 18.0. The van der Waals surface area contributed by atoms with Crippen molar-refractivity contribution in [2.45, 2.75) is 59.3 Å². The number of rotatable bonds is 9. The minimum Gasteiger partial charge on any atom is -0.462 e. The average molecular weight is 408 g/mol. The van der Waals surface area contributed by atoms with Crippen LogP contribution < -0.4 is 4.90 Å². The summed E-state index contributed by atoms with van der Waals surface area (Å²) in [4.78, 5) is 39.4. The van der Waals surface area contributed by atoms with Gasteiger partial charge in [0.05, 0.1) is 29.0 Å². The lowest BCUT2D eigenvalue weighted by Crippen LogP contribution is -2.30.